The number of nitrogens with one attached hydrogen (secondary N) is 2. The number of carbonyl (C=O) groups is 3. The molecule has 2 aliphatic carbocycles. The number of carboxylic acids is 1. The lowest BCUT2D eigenvalue weighted by molar-refractivity contribution is -0.138. The van der Waals surface area contributed by atoms with Crippen molar-refractivity contribution in [1.29, 1.82) is 0 Å². The molecule has 186 valence electrons. The molecular weight excluding hydrogens is 444 g/mol. The Morgan fingerprint density at radius 3 is 2.17 bits per heavy atom. The molecule has 1 saturated carbocycles. The van der Waals surface area contributed by atoms with Crippen LogP contribution in [-0.4, -0.2) is 42.3 Å². The summed E-state index contributed by atoms with van der Waals surface area (Å²) in [7, 11) is 0. The summed E-state index contributed by atoms with van der Waals surface area (Å²) in [5.41, 5.74) is 4.56. The van der Waals surface area contributed by atoms with Gasteiger partial charge in [0.25, 0.3) is 0 Å². The molecule has 2 aromatic carbocycles. The average molecular weight is 479 g/mol. The van der Waals surface area contributed by atoms with Gasteiger partial charge in [-0.2, -0.15) is 0 Å². The molecule has 3 atom stereocenters. The number of ether oxygens (including phenoxy) is 1. The van der Waals surface area contributed by atoms with Gasteiger partial charge in [0, 0.05) is 12.5 Å². The molecule has 0 radical (unpaired) electrons. The van der Waals surface area contributed by atoms with Crippen molar-refractivity contribution < 1.29 is 24.2 Å². The molecule has 0 spiro atoms. The number of aliphatic carboxylic acids is 1. The minimum absolute atomic E-state index is 0.0404. The molecule has 7 heteroatoms. The molecule has 0 heterocycles. The van der Waals surface area contributed by atoms with E-state index in [9.17, 15) is 14.4 Å². The van der Waals surface area contributed by atoms with E-state index in [0.29, 0.717) is 18.9 Å². The van der Waals surface area contributed by atoms with Crippen molar-refractivity contribution in [2.45, 2.75) is 51.5 Å². The fourth-order valence-electron chi connectivity index (χ4n) is 5.01. The third-order valence-corrected chi connectivity index (χ3v) is 7.38. The van der Waals surface area contributed by atoms with Crippen LogP contribution in [0.1, 0.15) is 56.6 Å². The van der Waals surface area contributed by atoms with Crippen LogP contribution in [0.15, 0.2) is 48.5 Å². The molecule has 35 heavy (non-hydrogen) atoms. The Morgan fingerprint density at radius 1 is 1.03 bits per heavy atom. The minimum atomic E-state index is -0.855. The first-order valence-electron chi connectivity index (χ1n) is 12.5. The molecule has 0 saturated heterocycles. The molecule has 1 fully saturated rings. The van der Waals surface area contributed by atoms with E-state index in [0.717, 1.165) is 35.1 Å². The van der Waals surface area contributed by atoms with E-state index in [-0.39, 0.29) is 36.7 Å². The van der Waals surface area contributed by atoms with E-state index in [1.54, 1.807) is 0 Å². The summed E-state index contributed by atoms with van der Waals surface area (Å²) in [5.74, 6) is -1.05. The maximum Gasteiger partial charge on any atom is 0.407 e. The lowest BCUT2D eigenvalue weighted by atomic mass is 9.96. The van der Waals surface area contributed by atoms with Gasteiger partial charge in [0.15, 0.2) is 0 Å². The quantitative estimate of drug-likeness (QED) is 0.439. The zero-order chi connectivity index (χ0) is 24.9. The highest BCUT2D eigenvalue weighted by atomic mass is 16.5. The van der Waals surface area contributed by atoms with E-state index in [1.807, 2.05) is 38.1 Å². The largest absolute Gasteiger partial charge is 0.481 e. The normalized spacial score (nSPS) is 17.0. The predicted molar refractivity (Wildman–Crippen MR) is 133 cm³/mol. The summed E-state index contributed by atoms with van der Waals surface area (Å²) in [6.45, 7) is 4.34. The van der Waals surface area contributed by atoms with Gasteiger partial charge in [0.2, 0.25) is 5.91 Å². The zero-order valence-corrected chi connectivity index (χ0v) is 20.3. The van der Waals surface area contributed by atoms with Crippen LogP contribution in [0.3, 0.4) is 0 Å². The van der Waals surface area contributed by atoms with Gasteiger partial charge in [0.1, 0.15) is 12.6 Å². The number of hydrogen-bond acceptors (Lipinski definition) is 4. The molecule has 0 aromatic heterocycles. The van der Waals surface area contributed by atoms with Crippen molar-refractivity contribution in [3.8, 4) is 11.1 Å². The Labute approximate surface area is 206 Å². The minimum Gasteiger partial charge on any atom is -0.481 e. The van der Waals surface area contributed by atoms with Crippen LogP contribution in [0, 0.1) is 17.8 Å². The van der Waals surface area contributed by atoms with E-state index in [1.165, 1.54) is 0 Å². The van der Waals surface area contributed by atoms with Gasteiger partial charge in [-0.05, 0) is 52.8 Å². The van der Waals surface area contributed by atoms with Crippen LogP contribution in [0.2, 0.25) is 0 Å². The Bertz CT molecular complexity index is 1040. The summed E-state index contributed by atoms with van der Waals surface area (Å²) in [6, 6.07) is 15.5. The van der Waals surface area contributed by atoms with Crippen LogP contribution >= 0.6 is 0 Å². The summed E-state index contributed by atoms with van der Waals surface area (Å²) in [6.07, 6.45) is 2.11. The maximum atomic E-state index is 13.0. The second-order valence-corrected chi connectivity index (χ2v) is 9.77. The van der Waals surface area contributed by atoms with Crippen LogP contribution in [0.4, 0.5) is 4.79 Å². The topological polar surface area (TPSA) is 105 Å². The second kappa shape index (κ2) is 10.9. The van der Waals surface area contributed by atoms with Gasteiger partial charge >= 0.3 is 12.1 Å². The fourth-order valence-corrected chi connectivity index (χ4v) is 5.01. The molecule has 2 aromatic rings. The number of hydrogen-bond donors (Lipinski definition) is 3. The van der Waals surface area contributed by atoms with Crippen molar-refractivity contribution in [3.05, 3.63) is 59.7 Å². The predicted octanol–water partition coefficient (Wildman–Crippen LogP) is 4.56. The van der Waals surface area contributed by atoms with E-state index in [4.69, 9.17) is 9.84 Å². The summed E-state index contributed by atoms with van der Waals surface area (Å²) >= 11 is 0. The molecule has 0 bridgehead atoms. The number of fused-ring (bicyclic) bond motifs is 3. The highest BCUT2D eigenvalue weighted by molar-refractivity contribution is 5.86. The lowest BCUT2D eigenvalue weighted by Gasteiger charge is -2.25. The zero-order valence-electron chi connectivity index (χ0n) is 20.3. The van der Waals surface area contributed by atoms with Crippen LogP contribution in [0.5, 0.6) is 0 Å². The Balaban J connectivity index is 1.37. The van der Waals surface area contributed by atoms with Crippen molar-refractivity contribution >= 4 is 18.0 Å². The van der Waals surface area contributed by atoms with Gasteiger partial charge < -0.3 is 20.5 Å². The first-order valence-corrected chi connectivity index (χ1v) is 12.5. The van der Waals surface area contributed by atoms with E-state index in [2.05, 4.69) is 34.9 Å². The molecule has 0 aliphatic heterocycles. The highest BCUT2D eigenvalue weighted by Crippen LogP contribution is 2.44. The van der Waals surface area contributed by atoms with Gasteiger partial charge in [-0.15, -0.1) is 0 Å². The van der Waals surface area contributed by atoms with Crippen molar-refractivity contribution in [2.75, 3.05) is 13.2 Å². The lowest BCUT2D eigenvalue weighted by Crippen LogP contribution is -2.51. The standard InChI is InChI=1S/C28H34N2O5/c1-3-17(2)26(27(33)29-15-19(14-25(31)32)18-12-13-18)30-28(34)35-16-24-22-10-6-4-8-20(22)21-9-5-7-11-23(21)24/h4-11,17-19,24,26H,3,12-16H2,1-2H3,(H,29,33)(H,30,34)(H,31,32). The first kappa shape index (κ1) is 24.8. The van der Waals surface area contributed by atoms with Gasteiger partial charge in [-0.1, -0.05) is 68.8 Å². The SMILES string of the molecule is CCC(C)C(NC(=O)OCC1c2ccccc2-c2ccccc21)C(=O)NCC(CC(=O)O)C1CC1. The molecule has 3 unspecified atom stereocenters. The molecule has 4 rings (SSSR count). The smallest absolute Gasteiger partial charge is 0.407 e. The number of benzene rings is 2. The Kier molecular flexibility index (Phi) is 7.73. The Hall–Kier alpha value is -3.35. The number of carboxylic acid groups (broad SMARTS) is 1. The highest BCUT2D eigenvalue weighted by Gasteiger charge is 2.34. The summed E-state index contributed by atoms with van der Waals surface area (Å²) < 4.78 is 5.63. The van der Waals surface area contributed by atoms with Gasteiger partial charge in [-0.25, -0.2) is 4.79 Å². The first-order chi connectivity index (χ1) is 16.9. The molecule has 2 amide bonds. The Morgan fingerprint density at radius 2 is 1.63 bits per heavy atom. The maximum absolute atomic E-state index is 13.0. The van der Waals surface area contributed by atoms with E-state index >= 15 is 0 Å². The molecule has 3 N–H and O–H groups in total. The number of carbonyl (C=O) groups excluding carboxylic acids is 2. The second-order valence-electron chi connectivity index (χ2n) is 9.77. The summed E-state index contributed by atoms with van der Waals surface area (Å²) in [5, 5.41) is 14.8. The van der Waals surface area contributed by atoms with Crippen molar-refractivity contribution in [1.82, 2.24) is 10.6 Å². The molecule has 2 aliphatic rings. The average Bonchev–Trinajstić information content (AvgIpc) is 3.66. The molecule has 7 nitrogen and oxygen atoms in total. The van der Waals surface area contributed by atoms with Gasteiger partial charge in [-0.3, -0.25) is 9.59 Å². The van der Waals surface area contributed by atoms with E-state index < -0.39 is 18.1 Å². The van der Waals surface area contributed by atoms with Crippen LogP contribution in [0.25, 0.3) is 11.1 Å². The number of alkyl carbamates (subject to hydrolysis) is 1. The van der Waals surface area contributed by atoms with Crippen molar-refractivity contribution in [2.24, 2.45) is 17.8 Å². The summed E-state index contributed by atoms with van der Waals surface area (Å²) in [4.78, 5) is 36.9. The van der Waals surface area contributed by atoms with Crippen molar-refractivity contribution in [3.63, 3.8) is 0 Å². The number of amides is 2. The van der Waals surface area contributed by atoms with Gasteiger partial charge in [0.05, 0.1) is 6.42 Å². The number of rotatable bonds is 11. The third kappa shape index (κ3) is 5.84. The third-order valence-electron chi connectivity index (χ3n) is 7.38. The molecular formula is C28H34N2O5. The fraction of sp³-hybridized carbons (Fsp3) is 0.464. The monoisotopic (exact) mass is 478 g/mol. The van der Waals surface area contributed by atoms with Crippen LogP contribution in [-0.2, 0) is 14.3 Å². The van der Waals surface area contributed by atoms with Crippen LogP contribution < -0.4 is 10.6 Å².